The Morgan fingerprint density at radius 3 is 2.47 bits per heavy atom. The lowest BCUT2D eigenvalue weighted by atomic mass is 10.3. The zero-order valence-corrected chi connectivity index (χ0v) is 12.3. The maximum absolute atomic E-state index is 11.4. The van der Waals surface area contributed by atoms with Crippen molar-refractivity contribution in [3.63, 3.8) is 0 Å². The van der Waals surface area contributed by atoms with Crippen LogP contribution >= 0.6 is 0 Å². The zero-order valence-electron chi connectivity index (χ0n) is 12.3. The standard InChI is InChI=1S/C13H27NO5/c1-4-6-14-12(13(15)17-3)11-19-10-9-18-8-5-7-16-2/h12,14H,4-11H2,1-3H3. The molecule has 0 aliphatic carbocycles. The minimum absolute atomic E-state index is 0.297. The van der Waals surface area contributed by atoms with E-state index in [4.69, 9.17) is 18.9 Å². The maximum Gasteiger partial charge on any atom is 0.325 e. The highest BCUT2D eigenvalue weighted by molar-refractivity contribution is 5.75. The van der Waals surface area contributed by atoms with Gasteiger partial charge >= 0.3 is 5.97 Å². The van der Waals surface area contributed by atoms with E-state index in [0.29, 0.717) is 33.0 Å². The molecule has 0 heterocycles. The largest absolute Gasteiger partial charge is 0.468 e. The molecule has 0 saturated carbocycles. The van der Waals surface area contributed by atoms with E-state index < -0.39 is 6.04 Å². The SMILES string of the molecule is CCCNC(COCCOCCCOC)C(=O)OC. The number of carbonyl (C=O) groups excluding carboxylic acids is 1. The average molecular weight is 277 g/mol. The number of hydrogen-bond acceptors (Lipinski definition) is 6. The summed E-state index contributed by atoms with van der Waals surface area (Å²) in [6.07, 6.45) is 1.83. The second-order valence-corrected chi connectivity index (χ2v) is 4.06. The van der Waals surface area contributed by atoms with Crippen LogP contribution < -0.4 is 5.32 Å². The molecule has 0 rings (SSSR count). The molecule has 0 aliphatic heterocycles. The normalized spacial score (nSPS) is 12.4. The smallest absolute Gasteiger partial charge is 0.325 e. The lowest BCUT2D eigenvalue weighted by Crippen LogP contribution is -2.42. The lowest BCUT2D eigenvalue weighted by molar-refractivity contribution is -0.145. The Morgan fingerprint density at radius 2 is 1.84 bits per heavy atom. The number of esters is 1. The van der Waals surface area contributed by atoms with Crippen molar-refractivity contribution < 1.29 is 23.7 Å². The summed E-state index contributed by atoms with van der Waals surface area (Å²) in [7, 11) is 3.04. The van der Waals surface area contributed by atoms with Gasteiger partial charge in [0.2, 0.25) is 0 Å². The average Bonchev–Trinajstić information content (AvgIpc) is 2.44. The molecule has 0 fully saturated rings. The number of methoxy groups -OCH3 is 2. The van der Waals surface area contributed by atoms with Crippen LogP contribution in [-0.2, 0) is 23.7 Å². The molecule has 0 aliphatic rings. The molecule has 0 aromatic rings. The van der Waals surface area contributed by atoms with E-state index in [1.54, 1.807) is 7.11 Å². The van der Waals surface area contributed by atoms with Gasteiger partial charge in [-0.3, -0.25) is 4.79 Å². The van der Waals surface area contributed by atoms with E-state index in [9.17, 15) is 4.79 Å². The third-order valence-corrected chi connectivity index (χ3v) is 2.42. The summed E-state index contributed by atoms with van der Waals surface area (Å²) in [5, 5.41) is 3.08. The number of carbonyl (C=O) groups is 1. The number of hydrogen-bond donors (Lipinski definition) is 1. The van der Waals surface area contributed by atoms with Gasteiger partial charge in [0.25, 0.3) is 0 Å². The van der Waals surface area contributed by atoms with Crippen LogP contribution in [0.5, 0.6) is 0 Å². The third-order valence-electron chi connectivity index (χ3n) is 2.42. The molecule has 0 amide bonds. The van der Waals surface area contributed by atoms with Crippen molar-refractivity contribution in [2.45, 2.75) is 25.8 Å². The zero-order chi connectivity index (χ0) is 14.3. The Balaban J connectivity index is 3.55. The van der Waals surface area contributed by atoms with Crippen LogP contribution in [0.4, 0.5) is 0 Å². The summed E-state index contributed by atoms with van der Waals surface area (Å²) in [4.78, 5) is 11.4. The molecule has 1 atom stereocenters. The van der Waals surface area contributed by atoms with Crippen molar-refractivity contribution in [2.24, 2.45) is 0 Å². The molecular formula is C13H27NO5. The Labute approximate surface area is 115 Å². The highest BCUT2D eigenvalue weighted by atomic mass is 16.5. The van der Waals surface area contributed by atoms with E-state index in [0.717, 1.165) is 19.4 Å². The molecule has 0 saturated heterocycles. The molecule has 6 heteroatoms. The minimum atomic E-state index is -0.404. The molecule has 0 aromatic carbocycles. The first-order valence-electron chi connectivity index (χ1n) is 6.71. The second kappa shape index (κ2) is 13.7. The molecule has 0 spiro atoms. The first-order valence-corrected chi connectivity index (χ1v) is 6.71. The van der Waals surface area contributed by atoms with E-state index >= 15 is 0 Å². The topological polar surface area (TPSA) is 66.0 Å². The van der Waals surface area contributed by atoms with Crippen molar-refractivity contribution in [3.8, 4) is 0 Å². The molecule has 0 bridgehead atoms. The van der Waals surface area contributed by atoms with Crippen molar-refractivity contribution in [1.82, 2.24) is 5.32 Å². The summed E-state index contributed by atoms with van der Waals surface area (Å²) in [6, 6.07) is -0.404. The van der Waals surface area contributed by atoms with Gasteiger partial charge in [-0.2, -0.15) is 0 Å². The molecule has 114 valence electrons. The van der Waals surface area contributed by atoms with Gasteiger partial charge in [0.15, 0.2) is 0 Å². The lowest BCUT2D eigenvalue weighted by Gasteiger charge is -2.16. The third kappa shape index (κ3) is 10.9. The number of ether oxygens (including phenoxy) is 4. The van der Waals surface area contributed by atoms with Crippen LogP contribution in [0.1, 0.15) is 19.8 Å². The van der Waals surface area contributed by atoms with Gasteiger partial charge < -0.3 is 24.3 Å². The molecule has 0 aromatic heterocycles. The van der Waals surface area contributed by atoms with Gasteiger partial charge in [0.05, 0.1) is 26.9 Å². The van der Waals surface area contributed by atoms with Crippen LogP contribution in [0.3, 0.4) is 0 Å². The Hall–Kier alpha value is -0.690. The quantitative estimate of drug-likeness (QED) is 0.393. The molecule has 0 radical (unpaired) electrons. The fourth-order valence-electron chi connectivity index (χ4n) is 1.40. The molecule has 1 unspecified atom stereocenters. The Kier molecular flexibility index (Phi) is 13.2. The predicted molar refractivity (Wildman–Crippen MR) is 72.2 cm³/mol. The van der Waals surface area contributed by atoms with Gasteiger partial charge in [-0.25, -0.2) is 0 Å². The first kappa shape index (κ1) is 18.3. The Morgan fingerprint density at radius 1 is 1.11 bits per heavy atom. The highest BCUT2D eigenvalue weighted by Crippen LogP contribution is 1.92. The second-order valence-electron chi connectivity index (χ2n) is 4.06. The fourth-order valence-corrected chi connectivity index (χ4v) is 1.40. The van der Waals surface area contributed by atoms with Crippen LogP contribution in [0.2, 0.25) is 0 Å². The van der Waals surface area contributed by atoms with Crippen LogP contribution in [0.15, 0.2) is 0 Å². The van der Waals surface area contributed by atoms with Gasteiger partial charge in [-0.15, -0.1) is 0 Å². The van der Waals surface area contributed by atoms with E-state index in [1.807, 2.05) is 6.92 Å². The molecule has 19 heavy (non-hydrogen) atoms. The van der Waals surface area contributed by atoms with Crippen molar-refractivity contribution in [1.29, 1.82) is 0 Å². The number of rotatable bonds is 13. The van der Waals surface area contributed by atoms with Gasteiger partial charge in [0.1, 0.15) is 6.04 Å². The Bertz CT molecular complexity index is 213. The molecular weight excluding hydrogens is 250 g/mol. The summed E-state index contributed by atoms with van der Waals surface area (Å²) in [6.45, 7) is 5.44. The van der Waals surface area contributed by atoms with Crippen molar-refractivity contribution in [3.05, 3.63) is 0 Å². The minimum Gasteiger partial charge on any atom is -0.468 e. The monoisotopic (exact) mass is 277 g/mol. The van der Waals surface area contributed by atoms with Gasteiger partial charge in [-0.05, 0) is 19.4 Å². The van der Waals surface area contributed by atoms with Gasteiger partial charge in [0, 0.05) is 20.3 Å². The predicted octanol–water partition coefficient (Wildman–Crippen LogP) is 0.597. The molecule has 6 nitrogen and oxygen atoms in total. The summed E-state index contributed by atoms with van der Waals surface area (Å²) in [5.74, 6) is -0.297. The maximum atomic E-state index is 11.4. The summed E-state index contributed by atoms with van der Waals surface area (Å²) < 4.78 is 20.4. The number of nitrogens with one attached hydrogen (secondary N) is 1. The van der Waals surface area contributed by atoms with E-state index in [2.05, 4.69) is 5.32 Å². The van der Waals surface area contributed by atoms with Gasteiger partial charge in [-0.1, -0.05) is 6.92 Å². The highest BCUT2D eigenvalue weighted by Gasteiger charge is 2.17. The van der Waals surface area contributed by atoms with Crippen LogP contribution in [0.25, 0.3) is 0 Å². The first-order chi connectivity index (χ1) is 9.26. The summed E-state index contributed by atoms with van der Waals surface area (Å²) >= 11 is 0. The van der Waals surface area contributed by atoms with Crippen LogP contribution in [-0.4, -0.2) is 65.8 Å². The van der Waals surface area contributed by atoms with Crippen molar-refractivity contribution >= 4 is 5.97 Å². The molecule has 1 N–H and O–H groups in total. The van der Waals surface area contributed by atoms with Crippen LogP contribution in [0, 0.1) is 0 Å². The fraction of sp³-hybridized carbons (Fsp3) is 0.923. The van der Waals surface area contributed by atoms with Crippen molar-refractivity contribution in [2.75, 3.05) is 53.8 Å². The summed E-state index contributed by atoms with van der Waals surface area (Å²) in [5.41, 5.74) is 0. The van der Waals surface area contributed by atoms with E-state index in [1.165, 1.54) is 7.11 Å². The van der Waals surface area contributed by atoms with E-state index in [-0.39, 0.29) is 5.97 Å².